The molecule has 0 bridgehead atoms. The number of anilines is 1. The van der Waals surface area contributed by atoms with Gasteiger partial charge in [0.05, 0.1) is 34.6 Å². The second-order valence-corrected chi connectivity index (χ2v) is 9.29. The summed E-state index contributed by atoms with van der Waals surface area (Å²) in [5.74, 6) is -1.66. The van der Waals surface area contributed by atoms with Gasteiger partial charge in [-0.05, 0) is 43.9 Å². The van der Waals surface area contributed by atoms with Gasteiger partial charge in [-0.15, -0.1) is 0 Å². The lowest BCUT2D eigenvalue weighted by molar-refractivity contribution is -0.138. The number of hydrogen-bond acceptors (Lipinski definition) is 5. The number of aromatic nitrogens is 3. The first-order valence-corrected chi connectivity index (χ1v) is 11.5. The van der Waals surface area contributed by atoms with Crippen molar-refractivity contribution in [3.8, 4) is 5.75 Å². The van der Waals surface area contributed by atoms with E-state index in [4.69, 9.17) is 16.3 Å². The molecule has 2 N–H and O–H groups in total. The van der Waals surface area contributed by atoms with Crippen LogP contribution in [0, 0.1) is 5.82 Å². The van der Waals surface area contributed by atoms with Gasteiger partial charge in [-0.25, -0.2) is 9.37 Å². The first-order valence-electron chi connectivity index (χ1n) is 11.2. The molecule has 3 aromatic rings. The number of hydrogen-bond donors (Lipinski definition) is 2. The topological polar surface area (TPSA) is 100 Å². The molecule has 2 aromatic heterocycles. The van der Waals surface area contributed by atoms with Crippen molar-refractivity contribution in [2.45, 2.75) is 43.4 Å². The van der Waals surface area contributed by atoms with Crippen molar-refractivity contribution >= 4 is 40.1 Å². The van der Waals surface area contributed by atoms with Crippen LogP contribution in [0.15, 0.2) is 30.6 Å². The number of aromatic amines is 1. The summed E-state index contributed by atoms with van der Waals surface area (Å²) in [6.45, 7) is -2.16. The molecule has 2 aliphatic rings. The SMILES string of the molecule is O=C(CN1C(=O)C2(CCC(Oc3cnc4[nH]ncc4c3)CC2)c2c1ccc(F)c2Cl)NCC(F)(F)F. The molecule has 3 heterocycles. The normalized spacial score (nSPS) is 21.8. The van der Waals surface area contributed by atoms with Gasteiger partial charge < -0.3 is 15.0 Å². The third-order valence-corrected chi connectivity index (χ3v) is 7.01. The van der Waals surface area contributed by atoms with Crippen LogP contribution in [0.25, 0.3) is 11.0 Å². The molecule has 0 radical (unpaired) electrons. The first kappa shape index (κ1) is 24.3. The van der Waals surface area contributed by atoms with Crippen molar-refractivity contribution in [1.82, 2.24) is 20.5 Å². The number of alkyl halides is 3. The number of fused-ring (bicyclic) bond motifs is 3. The summed E-state index contributed by atoms with van der Waals surface area (Å²) in [5.41, 5.74) is -0.0970. The summed E-state index contributed by atoms with van der Waals surface area (Å²) in [5, 5.41) is 8.99. The van der Waals surface area contributed by atoms with Crippen molar-refractivity contribution < 1.29 is 31.9 Å². The van der Waals surface area contributed by atoms with Gasteiger partial charge in [0.1, 0.15) is 24.7 Å². The summed E-state index contributed by atoms with van der Waals surface area (Å²) >= 11 is 6.31. The van der Waals surface area contributed by atoms with Crippen LogP contribution >= 0.6 is 11.6 Å². The van der Waals surface area contributed by atoms with E-state index in [9.17, 15) is 27.2 Å². The number of ether oxygens (including phenoxy) is 1. The predicted molar refractivity (Wildman–Crippen MR) is 121 cm³/mol. The second kappa shape index (κ2) is 8.91. The number of halogens is 5. The fourth-order valence-corrected chi connectivity index (χ4v) is 5.33. The number of H-pyrrole nitrogens is 1. The van der Waals surface area contributed by atoms with Crippen LogP contribution in [-0.4, -0.2) is 52.4 Å². The van der Waals surface area contributed by atoms with Gasteiger partial charge in [-0.3, -0.25) is 14.7 Å². The Labute approximate surface area is 207 Å². The van der Waals surface area contributed by atoms with Crippen LogP contribution in [0.3, 0.4) is 0 Å². The Morgan fingerprint density at radius 3 is 2.75 bits per heavy atom. The van der Waals surface area contributed by atoms with E-state index in [1.54, 1.807) is 23.8 Å². The summed E-state index contributed by atoms with van der Waals surface area (Å²) in [6, 6.07) is 4.19. The highest BCUT2D eigenvalue weighted by atomic mass is 35.5. The molecule has 1 aliphatic heterocycles. The molecule has 2 amide bonds. The Morgan fingerprint density at radius 1 is 1.28 bits per heavy atom. The van der Waals surface area contributed by atoms with Crippen LogP contribution in [0.5, 0.6) is 5.75 Å². The number of benzene rings is 1. The first-order chi connectivity index (χ1) is 17.1. The number of nitrogens with one attached hydrogen (secondary N) is 2. The van der Waals surface area contributed by atoms with Gasteiger partial charge in [0.2, 0.25) is 11.8 Å². The Morgan fingerprint density at radius 2 is 2.03 bits per heavy atom. The zero-order valence-electron chi connectivity index (χ0n) is 18.7. The lowest BCUT2D eigenvalue weighted by Crippen LogP contribution is -2.48. The van der Waals surface area contributed by atoms with Gasteiger partial charge in [-0.1, -0.05) is 11.6 Å². The van der Waals surface area contributed by atoms with E-state index in [1.807, 2.05) is 0 Å². The maximum absolute atomic E-state index is 14.4. The standard InChI is InChI=1S/C23H20ClF4N5O3/c24-19-15(25)1-2-16-18(19)22(21(35)33(16)10-17(34)30-11-23(26,27)28)5-3-13(4-6-22)36-14-7-12-8-31-32-20(12)29-9-14/h1-2,7-9,13H,3-6,10-11H2,(H,30,34)(H,29,31,32). The van der Waals surface area contributed by atoms with Crippen LogP contribution in [0.1, 0.15) is 31.2 Å². The van der Waals surface area contributed by atoms with Crippen LogP contribution < -0.4 is 15.0 Å². The average Bonchev–Trinajstić information content (AvgIpc) is 3.38. The molecule has 0 unspecified atom stereocenters. The van der Waals surface area contributed by atoms with Crippen LogP contribution in [0.4, 0.5) is 23.2 Å². The summed E-state index contributed by atoms with van der Waals surface area (Å²) in [6.07, 6.45) is -0.292. The molecule has 1 fully saturated rings. The number of carbonyl (C=O) groups is 2. The van der Waals surface area contributed by atoms with E-state index in [-0.39, 0.29) is 35.2 Å². The molecule has 8 nitrogen and oxygen atoms in total. The van der Waals surface area contributed by atoms with Gasteiger partial charge in [0.15, 0.2) is 5.65 Å². The molecular weight excluding hydrogens is 506 g/mol. The van der Waals surface area contributed by atoms with E-state index < -0.39 is 42.3 Å². The van der Waals surface area contributed by atoms with Crippen LogP contribution in [-0.2, 0) is 15.0 Å². The molecule has 1 aromatic carbocycles. The molecule has 13 heteroatoms. The largest absolute Gasteiger partial charge is 0.489 e. The lowest BCUT2D eigenvalue weighted by Gasteiger charge is -2.36. The molecule has 0 atom stereocenters. The number of rotatable bonds is 5. The van der Waals surface area contributed by atoms with Gasteiger partial charge in [0.25, 0.3) is 0 Å². The van der Waals surface area contributed by atoms with Gasteiger partial charge in [-0.2, -0.15) is 18.3 Å². The minimum absolute atomic E-state index is 0.225. The van der Waals surface area contributed by atoms with E-state index in [1.165, 1.54) is 6.07 Å². The highest BCUT2D eigenvalue weighted by molar-refractivity contribution is 6.33. The summed E-state index contributed by atoms with van der Waals surface area (Å²) < 4.78 is 58.0. The molecule has 0 saturated heterocycles. The smallest absolute Gasteiger partial charge is 0.405 e. The quantitative estimate of drug-likeness (QED) is 0.490. The molecule has 1 aliphatic carbocycles. The molecule has 36 heavy (non-hydrogen) atoms. The summed E-state index contributed by atoms with van der Waals surface area (Å²) in [7, 11) is 0. The van der Waals surface area contributed by atoms with Crippen molar-refractivity contribution in [1.29, 1.82) is 0 Å². The Kier molecular flexibility index (Phi) is 6.01. The van der Waals surface area contributed by atoms with Crippen molar-refractivity contribution in [2.75, 3.05) is 18.0 Å². The maximum Gasteiger partial charge on any atom is 0.405 e. The maximum atomic E-state index is 14.4. The van der Waals surface area contributed by atoms with Crippen LogP contribution in [0.2, 0.25) is 5.02 Å². The zero-order chi connectivity index (χ0) is 25.7. The van der Waals surface area contributed by atoms with Gasteiger partial charge >= 0.3 is 6.18 Å². The molecule has 1 saturated carbocycles. The second-order valence-electron chi connectivity index (χ2n) is 8.92. The number of amides is 2. The molecule has 5 rings (SSSR count). The molecular formula is C23H20ClF4N5O3. The Balaban J connectivity index is 1.36. The van der Waals surface area contributed by atoms with Crippen molar-refractivity contribution in [2.24, 2.45) is 0 Å². The summed E-state index contributed by atoms with van der Waals surface area (Å²) in [4.78, 5) is 31.1. The van der Waals surface area contributed by atoms with Gasteiger partial charge in [0, 0.05) is 10.9 Å². The monoisotopic (exact) mass is 525 g/mol. The van der Waals surface area contributed by atoms with E-state index >= 15 is 0 Å². The third-order valence-electron chi connectivity index (χ3n) is 6.64. The third kappa shape index (κ3) is 4.34. The van der Waals surface area contributed by atoms with Crippen molar-refractivity contribution in [3.05, 3.63) is 47.0 Å². The highest BCUT2D eigenvalue weighted by Gasteiger charge is 2.54. The minimum atomic E-state index is -4.59. The number of carbonyl (C=O) groups excluding carboxylic acids is 2. The Hall–Kier alpha value is -3.41. The Bertz CT molecular complexity index is 1340. The number of nitrogens with zero attached hydrogens (tertiary/aromatic N) is 3. The zero-order valence-corrected chi connectivity index (χ0v) is 19.4. The van der Waals surface area contributed by atoms with E-state index in [0.29, 0.717) is 24.2 Å². The molecule has 190 valence electrons. The highest BCUT2D eigenvalue weighted by Crippen LogP contribution is 2.53. The average molecular weight is 526 g/mol. The van der Waals surface area contributed by atoms with E-state index in [0.717, 1.165) is 16.4 Å². The number of pyridine rings is 1. The lowest BCUT2D eigenvalue weighted by atomic mass is 9.69. The predicted octanol–water partition coefficient (Wildman–Crippen LogP) is 4.03. The minimum Gasteiger partial charge on any atom is -0.489 e. The fourth-order valence-electron chi connectivity index (χ4n) is 4.99. The van der Waals surface area contributed by atoms with Crippen molar-refractivity contribution in [3.63, 3.8) is 0 Å². The van der Waals surface area contributed by atoms with E-state index in [2.05, 4.69) is 15.2 Å². The molecule has 1 spiro atoms. The fraction of sp³-hybridized carbons (Fsp3) is 0.391.